The van der Waals surface area contributed by atoms with Crippen LogP contribution in [0.25, 0.3) is 0 Å². The average molecular weight is 344 g/mol. The van der Waals surface area contributed by atoms with Crippen molar-refractivity contribution in [3.8, 4) is 5.75 Å². The number of benzene rings is 2. The van der Waals surface area contributed by atoms with Gasteiger partial charge in [-0.05, 0) is 43.7 Å². The minimum atomic E-state index is -0.406. The molecule has 0 N–H and O–H groups in total. The predicted molar refractivity (Wildman–Crippen MR) is 90.5 cm³/mol. The van der Waals surface area contributed by atoms with Gasteiger partial charge in [0.05, 0.1) is 0 Å². The zero-order valence-electron chi connectivity index (χ0n) is 13.4. The molecule has 0 amide bonds. The summed E-state index contributed by atoms with van der Waals surface area (Å²) in [6.45, 7) is 3.87. The molecule has 0 saturated carbocycles. The van der Waals surface area contributed by atoms with Crippen LogP contribution >= 0.6 is 11.8 Å². The molecule has 3 aromatic rings. The normalized spacial score (nSPS) is 12.1. The van der Waals surface area contributed by atoms with Gasteiger partial charge in [-0.1, -0.05) is 41.6 Å². The molecule has 1 aromatic heterocycles. The predicted octanol–water partition coefficient (Wildman–Crippen LogP) is 4.95. The molecule has 0 spiro atoms. The van der Waals surface area contributed by atoms with Crippen LogP contribution in [0.15, 0.2) is 58.2 Å². The van der Waals surface area contributed by atoms with Crippen LogP contribution in [0.2, 0.25) is 0 Å². The molecule has 124 valence electrons. The second-order valence-electron chi connectivity index (χ2n) is 5.39. The molecule has 6 heteroatoms. The Hall–Kier alpha value is -2.34. The van der Waals surface area contributed by atoms with Gasteiger partial charge >= 0.3 is 0 Å². The Morgan fingerprint density at radius 3 is 2.50 bits per heavy atom. The Morgan fingerprint density at radius 1 is 1.08 bits per heavy atom. The molecule has 2 aromatic carbocycles. The summed E-state index contributed by atoms with van der Waals surface area (Å²) in [5.74, 6) is 1.40. The fourth-order valence-electron chi connectivity index (χ4n) is 2.04. The van der Waals surface area contributed by atoms with Gasteiger partial charge in [0.25, 0.3) is 11.1 Å². The molecule has 0 unspecified atom stereocenters. The van der Waals surface area contributed by atoms with Gasteiger partial charge in [0, 0.05) is 5.75 Å². The number of rotatable bonds is 6. The van der Waals surface area contributed by atoms with Crippen molar-refractivity contribution in [1.82, 2.24) is 10.2 Å². The molecule has 1 atom stereocenters. The van der Waals surface area contributed by atoms with Gasteiger partial charge in [-0.15, -0.1) is 10.2 Å². The van der Waals surface area contributed by atoms with E-state index in [0.717, 1.165) is 5.75 Å². The molecule has 0 aliphatic heterocycles. The Bertz CT molecular complexity index is 788. The second kappa shape index (κ2) is 7.49. The van der Waals surface area contributed by atoms with E-state index in [0.29, 0.717) is 16.9 Å². The number of halogens is 1. The maximum absolute atomic E-state index is 12.9. The molecule has 0 aliphatic carbocycles. The molecule has 4 nitrogen and oxygen atoms in total. The van der Waals surface area contributed by atoms with E-state index in [9.17, 15) is 4.39 Å². The van der Waals surface area contributed by atoms with Gasteiger partial charge in [0.1, 0.15) is 11.6 Å². The first-order valence-corrected chi connectivity index (χ1v) is 8.52. The standard InChI is InChI=1S/C18H17FN2O2S/c1-12-3-5-14(6-4-12)11-24-18-21-20-17(23-18)13(2)22-16-9-7-15(19)8-10-16/h3-10,13H,11H2,1-2H3/t13-/m0/s1. The van der Waals surface area contributed by atoms with Crippen molar-refractivity contribution in [1.29, 1.82) is 0 Å². The van der Waals surface area contributed by atoms with Crippen LogP contribution < -0.4 is 4.74 Å². The Labute approximate surface area is 144 Å². The highest BCUT2D eigenvalue weighted by molar-refractivity contribution is 7.98. The van der Waals surface area contributed by atoms with E-state index in [1.54, 1.807) is 12.1 Å². The van der Waals surface area contributed by atoms with Gasteiger partial charge in [-0.25, -0.2) is 4.39 Å². The quantitative estimate of drug-likeness (QED) is 0.592. The van der Waals surface area contributed by atoms with Crippen molar-refractivity contribution in [2.75, 3.05) is 0 Å². The fraction of sp³-hybridized carbons (Fsp3) is 0.222. The average Bonchev–Trinajstić information content (AvgIpc) is 3.06. The monoisotopic (exact) mass is 344 g/mol. The largest absolute Gasteiger partial charge is 0.481 e. The van der Waals surface area contributed by atoms with Crippen LogP contribution in [-0.2, 0) is 5.75 Å². The molecule has 0 saturated heterocycles. The first-order valence-electron chi connectivity index (χ1n) is 7.54. The zero-order chi connectivity index (χ0) is 16.9. The minimum absolute atomic E-state index is 0.303. The lowest BCUT2D eigenvalue weighted by molar-refractivity contribution is 0.181. The number of hydrogen-bond donors (Lipinski definition) is 0. The number of hydrogen-bond acceptors (Lipinski definition) is 5. The maximum atomic E-state index is 12.9. The highest BCUT2D eigenvalue weighted by Gasteiger charge is 2.16. The number of aromatic nitrogens is 2. The molecule has 0 aliphatic rings. The molecule has 1 heterocycles. The van der Waals surface area contributed by atoms with Crippen molar-refractivity contribution >= 4 is 11.8 Å². The van der Waals surface area contributed by atoms with E-state index in [-0.39, 0.29) is 5.82 Å². The summed E-state index contributed by atoms with van der Waals surface area (Å²) in [5, 5.41) is 8.55. The van der Waals surface area contributed by atoms with Crippen LogP contribution in [0.5, 0.6) is 5.75 Å². The Morgan fingerprint density at radius 2 is 1.79 bits per heavy atom. The van der Waals surface area contributed by atoms with E-state index >= 15 is 0 Å². The molecule has 24 heavy (non-hydrogen) atoms. The third kappa shape index (κ3) is 4.35. The molecule has 3 rings (SSSR count). The third-order valence-electron chi connectivity index (χ3n) is 3.38. The van der Waals surface area contributed by atoms with E-state index in [4.69, 9.17) is 9.15 Å². The smallest absolute Gasteiger partial charge is 0.277 e. The molecule has 0 bridgehead atoms. The van der Waals surface area contributed by atoms with Gasteiger partial charge in [0.15, 0.2) is 6.10 Å². The highest BCUT2D eigenvalue weighted by Crippen LogP contribution is 2.26. The summed E-state index contributed by atoms with van der Waals surface area (Å²) in [4.78, 5) is 0. The minimum Gasteiger partial charge on any atom is -0.481 e. The first-order chi connectivity index (χ1) is 11.6. The summed E-state index contributed by atoms with van der Waals surface area (Å²) in [6, 6.07) is 14.1. The first kappa shape index (κ1) is 16.5. The number of thioether (sulfide) groups is 1. The van der Waals surface area contributed by atoms with Crippen molar-refractivity contribution < 1.29 is 13.5 Å². The number of ether oxygens (including phenoxy) is 1. The molecule has 0 fully saturated rings. The van der Waals surface area contributed by atoms with E-state index in [2.05, 4.69) is 41.4 Å². The van der Waals surface area contributed by atoms with Crippen LogP contribution in [0, 0.1) is 12.7 Å². The van der Waals surface area contributed by atoms with Gasteiger partial charge in [-0.3, -0.25) is 0 Å². The lowest BCUT2D eigenvalue weighted by Gasteiger charge is -2.10. The second-order valence-corrected chi connectivity index (χ2v) is 6.32. The lowest BCUT2D eigenvalue weighted by atomic mass is 10.2. The van der Waals surface area contributed by atoms with Gasteiger partial charge < -0.3 is 9.15 Å². The maximum Gasteiger partial charge on any atom is 0.277 e. The third-order valence-corrected chi connectivity index (χ3v) is 4.27. The Kier molecular flexibility index (Phi) is 5.15. The van der Waals surface area contributed by atoms with E-state index < -0.39 is 6.10 Å². The summed E-state index contributed by atoms with van der Waals surface area (Å²) in [5.41, 5.74) is 2.43. The summed E-state index contributed by atoms with van der Waals surface area (Å²) < 4.78 is 24.2. The fourth-order valence-corrected chi connectivity index (χ4v) is 2.77. The SMILES string of the molecule is Cc1ccc(CSc2nnc([C@H](C)Oc3ccc(F)cc3)o2)cc1. The zero-order valence-corrected chi connectivity index (χ0v) is 14.2. The summed E-state index contributed by atoms with van der Waals surface area (Å²) in [7, 11) is 0. The van der Waals surface area contributed by atoms with Crippen molar-refractivity contribution in [3.05, 3.63) is 71.4 Å². The van der Waals surface area contributed by atoms with Crippen LogP contribution in [0.3, 0.4) is 0 Å². The topological polar surface area (TPSA) is 48.2 Å². The van der Waals surface area contributed by atoms with Crippen molar-refractivity contribution in [2.45, 2.75) is 30.9 Å². The van der Waals surface area contributed by atoms with E-state index in [1.165, 1.54) is 35.0 Å². The number of nitrogens with zero attached hydrogens (tertiary/aromatic N) is 2. The lowest BCUT2D eigenvalue weighted by Crippen LogP contribution is -2.03. The van der Waals surface area contributed by atoms with Crippen molar-refractivity contribution in [3.63, 3.8) is 0 Å². The van der Waals surface area contributed by atoms with E-state index in [1.807, 2.05) is 6.92 Å². The highest BCUT2D eigenvalue weighted by atomic mass is 32.2. The molecule has 0 radical (unpaired) electrons. The number of aryl methyl sites for hydroxylation is 1. The molecular formula is C18H17FN2O2S. The molecular weight excluding hydrogens is 327 g/mol. The van der Waals surface area contributed by atoms with Gasteiger partial charge in [0.2, 0.25) is 0 Å². The van der Waals surface area contributed by atoms with Crippen LogP contribution in [-0.4, -0.2) is 10.2 Å². The van der Waals surface area contributed by atoms with Crippen LogP contribution in [0.1, 0.15) is 30.0 Å². The Balaban J connectivity index is 1.58. The summed E-state index contributed by atoms with van der Waals surface area (Å²) >= 11 is 1.48. The van der Waals surface area contributed by atoms with Gasteiger partial charge in [-0.2, -0.15) is 0 Å². The summed E-state index contributed by atoms with van der Waals surface area (Å²) in [6.07, 6.45) is -0.406. The van der Waals surface area contributed by atoms with Crippen molar-refractivity contribution in [2.24, 2.45) is 0 Å². The van der Waals surface area contributed by atoms with Crippen LogP contribution in [0.4, 0.5) is 4.39 Å².